The highest BCUT2D eigenvalue weighted by Crippen LogP contribution is 2.23. The van der Waals surface area contributed by atoms with Crippen LogP contribution in [0.25, 0.3) is 0 Å². The second kappa shape index (κ2) is 9.13. The summed E-state index contributed by atoms with van der Waals surface area (Å²) in [7, 11) is 1.85. The molecule has 0 bridgehead atoms. The van der Waals surface area contributed by atoms with E-state index in [1.54, 1.807) is 6.07 Å². The Kier molecular flexibility index (Phi) is 8.72. The topological polar surface area (TPSA) is 41.1 Å². The molecule has 0 aliphatic carbocycles. The summed E-state index contributed by atoms with van der Waals surface area (Å²) < 4.78 is 12.9. The van der Waals surface area contributed by atoms with Crippen LogP contribution in [0.2, 0.25) is 5.02 Å². The minimum atomic E-state index is -0.378. The fraction of sp³-hybridized carbons (Fsp3) is 0.462. The molecule has 0 spiro atoms. The Morgan fingerprint density at radius 3 is 2.74 bits per heavy atom. The number of nitrogens with one attached hydrogen (secondary N) is 2. The van der Waals surface area contributed by atoms with E-state index >= 15 is 0 Å². The van der Waals surface area contributed by atoms with Gasteiger partial charge in [0.25, 0.3) is 0 Å². The van der Waals surface area contributed by atoms with Crippen LogP contribution >= 0.6 is 24.0 Å². The zero-order chi connectivity index (χ0) is 13.5. The molecule has 2 N–H and O–H groups in total. The second-order valence-electron chi connectivity index (χ2n) is 4.16. The number of benzene rings is 1. The number of carbonyl (C=O) groups excluding carboxylic acids is 1. The van der Waals surface area contributed by atoms with Crippen LogP contribution in [-0.2, 0) is 4.79 Å². The average Bonchev–Trinajstić information content (AvgIpc) is 2.28. The molecule has 1 aromatic carbocycles. The maximum absolute atomic E-state index is 12.9. The average molecular weight is 309 g/mol. The lowest BCUT2D eigenvalue weighted by Gasteiger charge is -2.15. The molecule has 0 aliphatic rings. The fourth-order valence-corrected chi connectivity index (χ4v) is 2.00. The summed E-state index contributed by atoms with van der Waals surface area (Å²) in [5.41, 5.74) is 0.722. The number of hydrogen-bond acceptors (Lipinski definition) is 2. The highest BCUT2D eigenvalue weighted by atomic mass is 35.5. The zero-order valence-electron chi connectivity index (χ0n) is 11.0. The van der Waals surface area contributed by atoms with Gasteiger partial charge in [-0.15, -0.1) is 12.4 Å². The summed E-state index contributed by atoms with van der Waals surface area (Å²) in [6.07, 6.45) is 1.25. The normalized spacial score (nSPS) is 11.6. The summed E-state index contributed by atoms with van der Waals surface area (Å²) in [6.45, 7) is 2.63. The lowest BCUT2D eigenvalue weighted by molar-refractivity contribution is -0.121. The van der Waals surface area contributed by atoms with Crippen molar-refractivity contribution in [1.29, 1.82) is 0 Å². The van der Waals surface area contributed by atoms with Gasteiger partial charge >= 0.3 is 0 Å². The molecule has 0 radical (unpaired) electrons. The molecule has 19 heavy (non-hydrogen) atoms. The Hall–Kier alpha value is -0.840. The molecule has 0 heterocycles. The van der Waals surface area contributed by atoms with Crippen LogP contribution in [0.3, 0.4) is 0 Å². The molecule has 0 aliphatic heterocycles. The van der Waals surface area contributed by atoms with E-state index in [1.807, 2.05) is 14.0 Å². The van der Waals surface area contributed by atoms with Gasteiger partial charge in [-0.3, -0.25) is 4.79 Å². The molecule has 1 amide bonds. The van der Waals surface area contributed by atoms with Crippen molar-refractivity contribution >= 4 is 29.9 Å². The summed E-state index contributed by atoms with van der Waals surface area (Å²) >= 11 is 5.93. The van der Waals surface area contributed by atoms with Crippen LogP contribution in [0, 0.1) is 5.82 Å². The molecule has 3 nitrogen and oxygen atoms in total. The molecule has 1 unspecified atom stereocenters. The molecule has 1 rings (SSSR count). The second-order valence-corrected chi connectivity index (χ2v) is 4.57. The van der Waals surface area contributed by atoms with Crippen molar-refractivity contribution in [1.82, 2.24) is 10.6 Å². The number of halogens is 3. The number of hydrogen-bond donors (Lipinski definition) is 2. The van der Waals surface area contributed by atoms with Crippen molar-refractivity contribution in [3.63, 3.8) is 0 Å². The van der Waals surface area contributed by atoms with Crippen LogP contribution < -0.4 is 10.6 Å². The van der Waals surface area contributed by atoms with Crippen molar-refractivity contribution in [2.75, 3.05) is 13.6 Å². The van der Waals surface area contributed by atoms with E-state index in [0.717, 1.165) is 18.5 Å². The minimum Gasteiger partial charge on any atom is -0.350 e. The first-order valence-corrected chi connectivity index (χ1v) is 6.31. The minimum absolute atomic E-state index is 0. The molecule has 1 atom stereocenters. The number of rotatable bonds is 6. The van der Waals surface area contributed by atoms with Gasteiger partial charge in [-0.05, 0) is 44.6 Å². The van der Waals surface area contributed by atoms with Gasteiger partial charge in [0.05, 0.1) is 6.04 Å². The first kappa shape index (κ1) is 18.2. The Labute approximate surface area is 124 Å². The first-order valence-electron chi connectivity index (χ1n) is 5.93. The lowest BCUT2D eigenvalue weighted by atomic mass is 10.1. The predicted molar refractivity (Wildman–Crippen MR) is 78.4 cm³/mol. The fourth-order valence-electron chi connectivity index (χ4n) is 1.67. The van der Waals surface area contributed by atoms with E-state index in [4.69, 9.17) is 11.6 Å². The lowest BCUT2D eigenvalue weighted by Crippen LogP contribution is -2.27. The molecule has 6 heteroatoms. The van der Waals surface area contributed by atoms with Crippen LogP contribution in [0.4, 0.5) is 4.39 Å². The van der Waals surface area contributed by atoms with Crippen molar-refractivity contribution in [3.8, 4) is 0 Å². The van der Waals surface area contributed by atoms with Crippen LogP contribution in [0.5, 0.6) is 0 Å². The summed E-state index contributed by atoms with van der Waals surface area (Å²) in [4.78, 5) is 11.6. The maximum atomic E-state index is 12.9. The van der Waals surface area contributed by atoms with E-state index in [1.165, 1.54) is 12.1 Å². The van der Waals surface area contributed by atoms with Gasteiger partial charge in [-0.2, -0.15) is 0 Å². The molecule has 0 aromatic heterocycles. The standard InChI is InChI=1S/C13H18ClFN2O.ClH/c1-9(17-13(18)4-3-7-16-2)11-6-5-10(15)8-12(11)14;/h5-6,8-9,16H,3-4,7H2,1-2H3,(H,17,18);1H. The van der Waals surface area contributed by atoms with E-state index < -0.39 is 0 Å². The van der Waals surface area contributed by atoms with Crippen LogP contribution in [0.15, 0.2) is 18.2 Å². The first-order chi connectivity index (χ1) is 8.54. The van der Waals surface area contributed by atoms with Gasteiger partial charge in [0.1, 0.15) is 5.82 Å². The molecular formula is C13H19Cl2FN2O. The maximum Gasteiger partial charge on any atom is 0.220 e. The Balaban J connectivity index is 0.00000324. The van der Waals surface area contributed by atoms with E-state index in [-0.39, 0.29) is 30.2 Å². The third-order valence-electron chi connectivity index (χ3n) is 2.64. The van der Waals surface area contributed by atoms with Gasteiger partial charge in [-0.1, -0.05) is 17.7 Å². The van der Waals surface area contributed by atoms with Gasteiger partial charge in [0.2, 0.25) is 5.91 Å². The highest BCUT2D eigenvalue weighted by molar-refractivity contribution is 6.31. The largest absolute Gasteiger partial charge is 0.350 e. The summed E-state index contributed by atoms with van der Waals surface area (Å²) in [5.74, 6) is -0.408. The smallest absolute Gasteiger partial charge is 0.220 e. The molecule has 1 aromatic rings. The SMILES string of the molecule is CNCCCC(=O)NC(C)c1ccc(F)cc1Cl.Cl. The van der Waals surface area contributed by atoms with Crippen LogP contribution in [-0.4, -0.2) is 19.5 Å². The molecule has 0 fully saturated rings. The molecule has 0 saturated heterocycles. The highest BCUT2D eigenvalue weighted by Gasteiger charge is 2.12. The third-order valence-corrected chi connectivity index (χ3v) is 2.96. The Bertz CT molecular complexity index is 416. The molecule has 0 saturated carbocycles. The van der Waals surface area contributed by atoms with Crippen molar-refractivity contribution in [2.24, 2.45) is 0 Å². The molecular weight excluding hydrogens is 290 g/mol. The Morgan fingerprint density at radius 1 is 1.47 bits per heavy atom. The van der Waals surface area contributed by atoms with E-state index in [9.17, 15) is 9.18 Å². The van der Waals surface area contributed by atoms with Gasteiger partial charge < -0.3 is 10.6 Å². The van der Waals surface area contributed by atoms with E-state index in [0.29, 0.717) is 11.4 Å². The van der Waals surface area contributed by atoms with Crippen molar-refractivity contribution < 1.29 is 9.18 Å². The Morgan fingerprint density at radius 2 is 2.16 bits per heavy atom. The van der Waals surface area contributed by atoms with Gasteiger partial charge in [0, 0.05) is 11.4 Å². The monoisotopic (exact) mass is 308 g/mol. The van der Waals surface area contributed by atoms with Crippen LogP contribution in [0.1, 0.15) is 31.4 Å². The van der Waals surface area contributed by atoms with Crippen molar-refractivity contribution in [2.45, 2.75) is 25.8 Å². The van der Waals surface area contributed by atoms with E-state index in [2.05, 4.69) is 10.6 Å². The summed E-state index contributed by atoms with van der Waals surface area (Å²) in [5, 5.41) is 6.15. The quantitative estimate of drug-likeness (QED) is 0.793. The number of carbonyl (C=O) groups is 1. The van der Waals surface area contributed by atoms with Gasteiger partial charge in [-0.25, -0.2) is 4.39 Å². The summed E-state index contributed by atoms with van der Waals surface area (Å²) in [6, 6.07) is 3.96. The number of amides is 1. The van der Waals surface area contributed by atoms with Crippen molar-refractivity contribution in [3.05, 3.63) is 34.6 Å². The third kappa shape index (κ3) is 6.23. The zero-order valence-corrected chi connectivity index (χ0v) is 12.6. The van der Waals surface area contributed by atoms with Gasteiger partial charge in [0.15, 0.2) is 0 Å². The molecule has 108 valence electrons. The predicted octanol–water partition coefficient (Wildman–Crippen LogP) is 3.08.